The molecule has 1 heterocycles. The number of nitrogens with two attached hydrogens (primary N) is 1. The van der Waals surface area contributed by atoms with Crippen molar-refractivity contribution < 1.29 is 10.0 Å². The number of amides is 1. The van der Waals surface area contributed by atoms with Gasteiger partial charge in [-0.3, -0.25) is 9.69 Å². The first-order valence-electron chi connectivity index (χ1n) is 7.52. The molecule has 1 aliphatic carbocycles. The molecule has 0 bridgehead atoms. The lowest BCUT2D eigenvalue weighted by Crippen LogP contribution is -2.56. The maximum Gasteiger partial charge on any atom is 0.236 e. The lowest BCUT2D eigenvalue weighted by molar-refractivity contribution is -0.141. The summed E-state index contributed by atoms with van der Waals surface area (Å²) in [6, 6.07) is 0.443. The summed E-state index contributed by atoms with van der Waals surface area (Å²) < 4.78 is 0. The van der Waals surface area contributed by atoms with Crippen LogP contribution in [0.3, 0.4) is 0 Å². The van der Waals surface area contributed by atoms with Crippen molar-refractivity contribution in [3.8, 4) is 0 Å². The van der Waals surface area contributed by atoms with E-state index < -0.39 is 5.41 Å². The molecule has 6 nitrogen and oxygen atoms in total. The fourth-order valence-corrected chi connectivity index (χ4v) is 3.49. The van der Waals surface area contributed by atoms with Crippen LogP contribution in [0.5, 0.6) is 0 Å². The maximum absolute atomic E-state index is 12.7. The third kappa shape index (κ3) is 2.49. The molecular formula is C14H26N4O2. The predicted molar refractivity (Wildman–Crippen MR) is 77.6 cm³/mol. The minimum atomic E-state index is -0.751. The number of carbonyl (C=O) groups excluding carboxylic acids is 1. The van der Waals surface area contributed by atoms with Crippen molar-refractivity contribution in [2.24, 2.45) is 16.3 Å². The van der Waals surface area contributed by atoms with E-state index in [2.05, 4.69) is 17.0 Å². The van der Waals surface area contributed by atoms with Gasteiger partial charge in [0.25, 0.3) is 0 Å². The first-order chi connectivity index (χ1) is 9.55. The van der Waals surface area contributed by atoms with Gasteiger partial charge in [0.1, 0.15) is 5.41 Å². The average Bonchev–Trinajstić information content (AvgIpc) is 2.84. The van der Waals surface area contributed by atoms with Crippen LogP contribution in [0.1, 0.15) is 39.0 Å². The smallest absolute Gasteiger partial charge is 0.236 e. The van der Waals surface area contributed by atoms with E-state index in [1.807, 2.05) is 7.05 Å². The van der Waals surface area contributed by atoms with Gasteiger partial charge in [-0.25, -0.2) is 0 Å². The summed E-state index contributed by atoms with van der Waals surface area (Å²) in [5.41, 5.74) is 5.00. The Morgan fingerprint density at radius 3 is 2.70 bits per heavy atom. The van der Waals surface area contributed by atoms with Crippen LogP contribution in [0, 0.1) is 5.41 Å². The zero-order valence-electron chi connectivity index (χ0n) is 12.5. The van der Waals surface area contributed by atoms with Crippen LogP contribution in [0.2, 0.25) is 0 Å². The summed E-state index contributed by atoms with van der Waals surface area (Å²) in [5, 5.41) is 12.0. The zero-order chi connectivity index (χ0) is 14.8. The number of hydrogen-bond donors (Lipinski definition) is 2. The summed E-state index contributed by atoms with van der Waals surface area (Å²) in [7, 11) is 1.83. The SMILES string of the molecule is CCN1CCCC1CN(C)C(=O)C1(C(N)=NO)CCC1. The molecule has 1 aliphatic heterocycles. The Morgan fingerprint density at radius 2 is 2.20 bits per heavy atom. The highest BCUT2D eigenvalue weighted by Gasteiger charge is 2.50. The molecule has 0 aromatic carbocycles. The average molecular weight is 282 g/mol. The molecular weight excluding hydrogens is 256 g/mol. The molecule has 20 heavy (non-hydrogen) atoms. The normalized spacial score (nSPS) is 26.3. The van der Waals surface area contributed by atoms with Gasteiger partial charge in [-0.05, 0) is 38.8 Å². The van der Waals surface area contributed by atoms with Crippen molar-refractivity contribution in [2.75, 3.05) is 26.7 Å². The Bertz CT molecular complexity index is 393. The van der Waals surface area contributed by atoms with Gasteiger partial charge in [0.05, 0.1) is 0 Å². The van der Waals surface area contributed by atoms with Gasteiger partial charge in [-0.2, -0.15) is 0 Å². The van der Waals surface area contributed by atoms with Gasteiger partial charge in [0.15, 0.2) is 5.84 Å². The van der Waals surface area contributed by atoms with E-state index in [0.717, 1.165) is 32.5 Å². The Morgan fingerprint density at radius 1 is 1.50 bits per heavy atom. The van der Waals surface area contributed by atoms with Crippen molar-refractivity contribution >= 4 is 11.7 Å². The maximum atomic E-state index is 12.7. The van der Waals surface area contributed by atoms with Gasteiger partial charge in [-0.1, -0.05) is 18.5 Å². The summed E-state index contributed by atoms with van der Waals surface area (Å²) in [6.07, 6.45) is 4.68. The summed E-state index contributed by atoms with van der Waals surface area (Å²) in [6.45, 7) is 5.03. The number of nitrogens with zero attached hydrogens (tertiary/aromatic N) is 3. The van der Waals surface area contributed by atoms with Gasteiger partial charge in [0, 0.05) is 19.6 Å². The van der Waals surface area contributed by atoms with E-state index in [1.54, 1.807) is 4.90 Å². The molecule has 2 fully saturated rings. The molecule has 1 atom stereocenters. The molecule has 2 aliphatic rings. The second-order valence-corrected chi connectivity index (χ2v) is 6.03. The van der Waals surface area contributed by atoms with E-state index in [4.69, 9.17) is 10.9 Å². The molecule has 1 unspecified atom stereocenters. The van der Waals surface area contributed by atoms with Crippen LogP contribution in [0.15, 0.2) is 5.16 Å². The largest absolute Gasteiger partial charge is 0.409 e. The molecule has 2 rings (SSSR count). The van der Waals surface area contributed by atoms with Crippen molar-refractivity contribution in [3.05, 3.63) is 0 Å². The fraction of sp³-hybridized carbons (Fsp3) is 0.857. The first kappa shape index (κ1) is 15.1. The van der Waals surface area contributed by atoms with E-state index in [1.165, 1.54) is 6.42 Å². The van der Waals surface area contributed by atoms with Crippen molar-refractivity contribution in [2.45, 2.75) is 45.1 Å². The van der Waals surface area contributed by atoms with Gasteiger partial charge >= 0.3 is 0 Å². The number of hydrogen-bond acceptors (Lipinski definition) is 4. The molecule has 3 N–H and O–H groups in total. The van der Waals surface area contributed by atoms with Gasteiger partial charge < -0.3 is 15.8 Å². The van der Waals surface area contributed by atoms with E-state index in [-0.39, 0.29) is 11.7 Å². The van der Waals surface area contributed by atoms with Crippen molar-refractivity contribution in [1.82, 2.24) is 9.80 Å². The van der Waals surface area contributed by atoms with Gasteiger partial charge in [0.2, 0.25) is 5.91 Å². The lowest BCUT2D eigenvalue weighted by Gasteiger charge is -2.42. The third-order valence-corrected chi connectivity index (χ3v) is 4.95. The fourth-order valence-electron chi connectivity index (χ4n) is 3.49. The van der Waals surface area contributed by atoms with E-state index in [0.29, 0.717) is 18.9 Å². The number of oxime groups is 1. The Kier molecular flexibility index (Phi) is 4.52. The van der Waals surface area contributed by atoms with Crippen molar-refractivity contribution in [3.63, 3.8) is 0 Å². The van der Waals surface area contributed by atoms with Crippen LogP contribution in [-0.4, -0.2) is 59.5 Å². The summed E-state index contributed by atoms with van der Waals surface area (Å²) in [4.78, 5) is 16.9. The summed E-state index contributed by atoms with van der Waals surface area (Å²) in [5.74, 6) is 0.0707. The highest BCUT2D eigenvalue weighted by Crippen LogP contribution is 2.42. The van der Waals surface area contributed by atoms with E-state index >= 15 is 0 Å². The highest BCUT2D eigenvalue weighted by atomic mass is 16.4. The van der Waals surface area contributed by atoms with Crippen LogP contribution in [0.4, 0.5) is 0 Å². The second kappa shape index (κ2) is 5.99. The molecule has 0 aromatic heterocycles. The quantitative estimate of drug-likeness (QED) is 0.339. The van der Waals surface area contributed by atoms with Crippen LogP contribution < -0.4 is 5.73 Å². The molecule has 6 heteroatoms. The molecule has 1 amide bonds. The number of rotatable bonds is 5. The highest BCUT2D eigenvalue weighted by molar-refractivity contribution is 6.07. The molecule has 1 saturated heterocycles. The molecule has 0 radical (unpaired) electrons. The van der Waals surface area contributed by atoms with Crippen LogP contribution in [-0.2, 0) is 4.79 Å². The topological polar surface area (TPSA) is 82.2 Å². The second-order valence-electron chi connectivity index (χ2n) is 6.03. The zero-order valence-corrected chi connectivity index (χ0v) is 12.5. The molecule has 0 spiro atoms. The van der Waals surface area contributed by atoms with Gasteiger partial charge in [-0.15, -0.1) is 0 Å². The van der Waals surface area contributed by atoms with Crippen LogP contribution >= 0.6 is 0 Å². The Labute approximate surface area is 120 Å². The first-order valence-corrected chi connectivity index (χ1v) is 7.52. The minimum Gasteiger partial charge on any atom is -0.409 e. The van der Waals surface area contributed by atoms with Crippen molar-refractivity contribution in [1.29, 1.82) is 0 Å². The number of likely N-dealkylation sites (tertiary alicyclic amines) is 1. The van der Waals surface area contributed by atoms with Crippen LogP contribution in [0.25, 0.3) is 0 Å². The third-order valence-electron chi connectivity index (χ3n) is 4.95. The standard InChI is InChI=1S/C14H26N4O2/c1-3-18-9-4-6-11(18)10-17(2)13(19)14(7-5-8-14)12(15)16-20/h11,20H,3-10H2,1-2H3,(H2,15,16). The number of carbonyl (C=O) groups is 1. The number of likely N-dealkylation sites (N-methyl/N-ethyl adjacent to an activating group) is 2. The Hall–Kier alpha value is -1.30. The lowest BCUT2D eigenvalue weighted by atomic mass is 9.67. The molecule has 0 aromatic rings. The molecule has 1 saturated carbocycles. The molecule has 114 valence electrons. The van der Waals surface area contributed by atoms with E-state index in [9.17, 15) is 4.79 Å². The minimum absolute atomic E-state index is 0.00185. The predicted octanol–water partition coefficient (Wildman–Crippen LogP) is 0.846. The number of amidine groups is 1. The Balaban J connectivity index is 2.01. The monoisotopic (exact) mass is 282 g/mol. The summed E-state index contributed by atoms with van der Waals surface area (Å²) >= 11 is 0.